The molecular formula is C17H18N2. The van der Waals surface area contributed by atoms with Crippen molar-refractivity contribution in [1.29, 1.82) is 0 Å². The van der Waals surface area contributed by atoms with E-state index in [2.05, 4.69) is 60.9 Å². The third-order valence-corrected chi connectivity index (χ3v) is 3.49. The maximum absolute atomic E-state index is 4.83. The summed E-state index contributed by atoms with van der Waals surface area (Å²) in [5.41, 5.74) is 4.80. The van der Waals surface area contributed by atoms with Crippen molar-refractivity contribution in [3.63, 3.8) is 0 Å². The molecule has 0 amide bonds. The summed E-state index contributed by atoms with van der Waals surface area (Å²) in [6.07, 6.45) is 1.11. The average Bonchev–Trinajstić information content (AvgIpc) is 2.79. The lowest BCUT2D eigenvalue weighted by Gasteiger charge is -2.09. The van der Waals surface area contributed by atoms with Crippen LogP contribution in [0.3, 0.4) is 0 Å². The molecule has 0 aliphatic rings. The topological polar surface area (TPSA) is 17.8 Å². The van der Waals surface area contributed by atoms with Crippen molar-refractivity contribution < 1.29 is 0 Å². The van der Waals surface area contributed by atoms with Gasteiger partial charge in [-0.15, -0.1) is 0 Å². The lowest BCUT2D eigenvalue weighted by molar-refractivity contribution is 0.704. The summed E-state index contributed by atoms with van der Waals surface area (Å²) in [4.78, 5) is 4.83. The summed E-state index contributed by atoms with van der Waals surface area (Å²) in [6, 6.07) is 16.8. The summed E-state index contributed by atoms with van der Waals surface area (Å²) in [5, 5.41) is 0. The van der Waals surface area contributed by atoms with Crippen molar-refractivity contribution in [2.45, 2.75) is 26.8 Å². The average molecular weight is 250 g/mol. The maximum atomic E-state index is 4.83. The Kier molecular flexibility index (Phi) is 3.08. The molecule has 96 valence electrons. The van der Waals surface area contributed by atoms with E-state index in [1.807, 2.05) is 6.07 Å². The van der Waals surface area contributed by atoms with Gasteiger partial charge in [-0.2, -0.15) is 0 Å². The fourth-order valence-electron chi connectivity index (χ4n) is 2.55. The van der Waals surface area contributed by atoms with Crippen LogP contribution in [-0.2, 0) is 6.54 Å². The number of hydrogen-bond donors (Lipinski definition) is 0. The number of aromatic nitrogens is 2. The first-order valence-electron chi connectivity index (χ1n) is 6.82. The lowest BCUT2D eigenvalue weighted by atomic mass is 10.1. The molecule has 2 heteroatoms. The Hall–Kier alpha value is -2.09. The molecule has 0 atom stereocenters. The summed E-state index contributed by atoms with van der Waals surface area (Å²) >= 11 is 0. The first-order valence-corrected chi connectivity index (χ1v) is 6.82. The highest BCUT2D eigenvalue weighted by Crippen LogP contribution is 2.27. The maximum Gasteiger partial charge on any atom is 0.141 e. The molecule has 0 aliphatic heterocycles. The van der Waals surface area contributed by atoms with Gasteiger partial charge in [-0.25, -0.2) is 4.98 Å². The van der Waals surface area contributed by atoms with Gasteiger partial charge in [0.05, 0.1) is 11.0 Å². The molecule has 2 aromatic carbocycles. The molecule has 0 N–H and O–H groups in total. The Bertz CT molecular complexity index is 710. The van der Waals surface area contributed by atoms with Crippen LogP contribution in [-0.4, -0.2) is 9.55 Å². The first-order chi connectivity index (χ1) is 9.31. The second-order valence-electron chi connectivity index (χ2n) is 4.89. The number of fused-ring (bicyclic) bond motifs is 1. The van der Waals surface area contributed by atoms with Gasteiger partial charge in [-0.3, -0.25) is 0 Å². The van der Waals surface area contributed by atoms with Crippen LogP contribution < -0.4 is 0 Å². The number of nitrogens with zero attached hydrogens (tertiary/aromatic N) is 2. The minimum Gasteiger partial charge on any atom is -0.324 e. The van der Waals surface area contributed by atoms with E-state index in [9.17, 15) is 0 Å². The molecule has 0 fully saturated rings. The quantitative estimate of drug-likeness (QED) is 0.672. The largest absolute Gasteiger partial charge is 0.324 e. The van der Waals surface area contributed by atoms with Crippen molar-refractivity contribution in [3.05, 3.63) is 54.1 Å². The van der Waals surface area contributed by atoms with Crippen LogP contribution >= 0.6 is 0 Å². The minimum atomic E-state index is 1.00. The molecule has 0 aliphatic carbocycles. The van der Waals surface area contributed by atoms with E-state index in [0.717, 1.165) is 24.3 Å². The van der Waals surface area contributed by atoms with Gasteiger partial charge in [0.25, 0.3) is 0 Å². The van der Waals surface area contributed by atoms with Crippen LogP contribution in [0.1, 0.15) is 18.9 Å². The zero-order valence-electron chi connectivity index (χ0n) is 11.4. The molecule has 0 bridgehead atoms. The van der Waals surface area contributed by atoms with E-state index >= 15 is 0 Å². The minimum absolute atomic E-state index is 1.00. The van der Waals surface area contributed by atoms with Crippen molar-refractivity contribution in [1.82, 2.24) is 9.55 Å². The van der Waals surface area contributed by atoms with Crippen LogP contribution in [0.25, 0.3) is 22.4 Å². The molecule has 1 heterocycles. The van der Waals surface area contributed by atoms with E-state index in [1.54, 1.807) is 0 Å². The number of benzene rings is 2. The standard InChI is InChI=1S/C17H18N2/c1-3-12-19-16-11-7-6-10-15(16)18-17(19)14-9-5-4-8-13(14)2/h4-11H,3,12H2,1-2H3. The fraction of sp³-hybridized carbons (Fsp3) is 0.235. The molecule has 0 saturated carbocycles. The van der Waals surface area contributed by atoms with Crippen LogP contribution in [0.4, 0.5) is 0 Å². The third-order valence-electron chi connectivity index (χ3n) is 3.49. The van der Waals surface area contributed by atoms with Crippen molar-refractivity contribution in [2.75, 3.05) is 0 Å². The van der Waals surface area contributed by atoms with E-state index in [1.165, 1.54) is 16.6 Å². The molecule has 3 aromatic rings. The first kappa shape index (κ1) is 12.0. The van der Waals surface area contributed by atoms with Gasteiger partial charge in [0.1, 0.15) is 5.82 Å². The smallest absolute Gasteiger partial charge is 0.141 e. The third kappa shape index (κ3) is 2.03. The summed E-state index contributed by atoms with van der Waals surface area (Å²) in [6.45, 7) is 5.35. The second kappa shape index (κ2) is 4.88. The van der Waals surface area contributed by atoms with Gasteiger partial charge in [-0.05, 0) is 31.0 Å². The van der Waals surface area contributed by atoms with E-state index < -0.39 is 0 Å². The number of para-hydroxylation sites is 2. The normalized spacial score (nSPS) is 11.1. The van der Waals surface area contributed by atoms with Crippen LogP contribution in [0, 0.1) is 6.92 Å². The number of imidazole rings is 1. The van der Waals surface area contributed by atoms with Crippen molar-refractivity contribution in [3.8, 4) is 11.4 Å². The molecule has 0 saturated heterocycles. The highest BCUT2D eigenvalue weighted by Gasteiger charge is 2.12. The molecule has 1 aromatic heterocycles. The van der Waals surface area contributed by atoms with Gasteiger partial charge < -0.3 is 4.57 Å². The Balaban J connectivity index is 2.28. The van der Waals surface area contributed by atoms with Gasteiger partial charge >= 0.3 is 0 Å². The summed E-state index contributed by atoms with van der Waals surface area (Å²) in [5.74, 6) is 1.08. The van der Waals surface area contributed by atoms with Crippen molar-refractivity contribution >= 4 is 11.0 Å². The Morgan fingerprint density at radius 3 is 2.53 bits per heavy atom. The van der Waals surface area contributed by atoms with Crippen LogP contribution in [0.2, 0.25) is 0 Å². The molecule has 2 nitrogen and oxygen atoms in total. The lowest BCUT2D eigenvalue weighted by Crippen LogP contribution is -2.00. The molecule has 19 heavy (non-hydrogen) atoms. The van der Waals surface area contributed by atoms with Gasteiger partial charge in [-0.1, -0.05) is 43.3 Å². The molecule has 0 unspecified atom stereocenters. The molecular weight excluding hydrogens is 232 g/mol. The monoisotopic (exact) mass is 250 g/mol. The fourth-order valence-corrected chi connectivity index (χ4v) is 2.55. The van der Waals surface area contributed by atoms with E-state index in [4.69, 9.17) is 4.98 Å². The number of hydrogen-bond acceptors (Lipinski definition) is 1. The van der Waals surface area contributed by atoms with Gasteiger partial charge in [0.15, 0.2) is 0 Å². The molecule has 0 radical (unpaired) electrons. The Morgan fingerprint density at radius 1 is 1.00 bits per heavy atom. The van der Waals surface area contributed by atoms with Crippen molar-refractivity contribution in [2.24, 2.45) is 0 Å². The van der Waals surface area contributed by atoms with Gasteiger partial charge in [0.2, 0.25) is 0 Å². The Morgan fingerprint density at radius 2 is 1.74 bits per heavy atom. The number of rotatable bonds is 3. The molecule has 3 rings (SSSR count). The van der Waals surface area contributed by atoms with E-state index in [-0.39, 0.29) is 0 Å². The zero-order valence-corrected chi connectivity index (χ0v) is 11.4. The van der Waals surface area contributed by atoms with Gasteiger partial charge in [0, 0.05) is 12.1 Å². The molecule has 0 spiro atoms. The second-order valence-corrected chi connectivity index (χ2v) is 4.89. The summed E-state index contributed by atoms with van der Waals surface area (Å²) in [7, 11) is 0. The predicted molar refractivity (Wildman–Crippen MR) is 80.2 cm³/mol. The van der Waals surface area contributed by atoms with E-state index in [0.29, 0.717) is 0 Å². The predicted octanol–water partition coefficient (Wildman–Crippen LogP) is 4.42. The van der Waals surface area contributed by atoms with Crippen LogP contribution in [0.15, 0.2) is 48.5 Å². The zero-order chi connectivity index (χ0) is 13.2. The highest BCUT2D eigenvalue weighted by atomic mass is 15.1. The Labute approximate surface area is 113 Å². The SMILES string of the molecule is CCCn1c(-c2ccccc2C)nc2ccccc21. The highest BCUT2D eigenvalue weighted by molar-refractivity contribution is 5.81. The summed E-state index contributed by atoms with van der Waals surface area (Å²) < 4.78 is 2.33. The van der Waals surface area contributed by atoms with Crippen LogP contribution in [0.5, 0.6) is 0 Å². The number of aryl methyl sites for hydroxylation is 2.